The van der Waals surface area contributed by atoms with Crippen molar-refractivity contribution in [3.8, 4) is 6.07 Å². The fraction of sp³-hybridized carbons (Fsp3) is 0.364. The number of nitrogens with two attached hydrogens (primary N) is 1. The Balaban J connectivity index is 3.28. The van der Waals surface area contributed by atoms with E-state index < -0.39 is 18.0 Å². The van der Waals surface area contributed by atoms with Crippen molar-refractivity contribution in [2.45, 2.75) is 19.4 Å². The van der Waals surface area contributed by atoms with Gasteiger partial charge in [0.1, 0.15) is 11.8 Å². The molecule has 0 aliphatic carbocycles. The van der Waals surface area contributed by atoms with Gasteiger partial charge in [0.25, 0.3) is 6.43 Å². The number of hydrogen-bond donors (Lipinski definition) is 1. The lowest BCUT2D eigenvalue weighted by Gasteiger charge is -2.10. The molecule has 18 heavy (non-hydrogen) atoms. The monoisotopic (exact) mass is 255 g/mol. The van der Waals surface area contributed by atoms with Crippen LogP contribution in [0.1, 0.15) is 28.9 Å². The highest BCUT2D eigenvalue weighted by Gasteiger charge is 2.19. The summed E-state index contributed by atoms with van der Waals surface area (Å²) in [6.45, 7) is -0.0511. The van der Waals surface area contributed by atoms with Gasteiger partial charge in [-0.25, -0.2) is 13.8 Å². The van der Waals surface area contributed by atoms with Crippen LogP contribution in [0.4, 0.5) is 8.78 Å². The van der Waals surface area contributed by atoms with Crippen LogP contribution in [0, 0.1) is 11.3 Å². The van der Waals surface area contributed by atoms with Gasteiger partial charge in [0, 0.05) is 6.54 Å². The largest absolute Gasteiger partial charge is 0.469 e. The Morgan fingerprint density at radius 1 is 1.67 bits per heavy atom. The highest BCUT2D eigenvalue weighted by molar-refractivity contribution is 5.72. The van der Waals surface area contributed by atoms with Crippen molar-refractivity contribution in [2.24, 2.45) is 5.73 Å². The van der Waals surface area contributed by atoms with Gasteiger partial charge in [-0.3, -0.25) is 4.79 Å². The van der Waals surface area contributed by atoms with Crippen molar-refractivity contribution < 1.29 is 18.3 Å². The van der Waals surface area contributed by atoms with E-state index in [4.69, 9.17) is 11.0 Å². The lowest BCUT2D eigenvalue weighted by atomic mass is 10.0. The molecule has 0 amide bonds. The molecule has 1 rings (SSSR count). The van der Waals surface area contributed by atoms with E-state index in [-0.39, 0.29) is 29.9 Å². The SMILES string of the molecule is COC(=O)Cc1cc(C(F)F)c(C#N)nc1CN. The summed E-state index contributed by atoms with van der Waals surface area (Å²) >= 11 is 0. The van der Waals surface area contributed by atoms with E-state index in [1.165, 1.54) is 7.11 Å². The maximum Gasteiger partial charge on any atom is 0.310 e. The first-order valence-electron chi connectivity index (χ1n) is 5.01. The highest BCUT2D eigenvalue weighted by Crippen LogP contribution is 2.24. The van der Waals surface area contributed by atoms with Gasteiger partial charge in [0.2, 0.25) is 0 Å². The second-order valence-corrected chi connectivity index (χ2v) is 3.40. The molecule has 0 spiro atoms. The molecule has 96 valence electrons. The summed E-state index contributed by atoms with van der Waals surface area (Å²) in [5.74, 6) is -0.587. The number of carbonyl (C=O) groups excluding carboxylic acids is 1. The summed E-state index contributed by atoms with van der Waals surface area (Å²) in [4.78, 5) is 14.9. The molecule has 5 nitrogen and oxygen atoms in total. The molecule has 0 aromatic carbocycles. The zero-order valence-electron chi connectivity index (χ0n) is 9.61. The molecule has 0 saturated carbocycles. The number of methoxy groups -OCH3 is 1. The van der Waals surface area contributed by atoms with E-state index in [1.807, 2.05) is 0 Å². The lowest BCUT2D eigenvalue weighted by molar-refractivity contribution is -0.139. The first kappa shape index (κ1) is 14.0. The van der Waals surface area contributed by atoms with E-state index in [0.717, 1.165) is 6.07 Å². The Hall–Kier alpha value is -2.07. The van der Waals surface area contributed by atoms with Crippen molar-refractivity contribution in [3.63, 3.8) is 0 Å². The zero-order chi connectivity index (χ0) is 13.7. The summed E-state index contributed by atoms with van der Waals surface area (Å²) < 4.78 is 29.9. The number of rotatable bonds is 4. The molecular formula is C11H11F2N3O2. The molecule has 0 aliphatic heterocycles. The van der Waals surface area contributed by atoms with Crippen LogP contribution in [-0.4, -0.2) is 18.1 Å². The van der Waals surface area contributed by atoms with Crippen LogP contribution >= 0.6 is 0 Å². The first-order chi connectivity index (χ1) is 8.53. The molecule has 0 saturated heterocycles. The maximum atomic E-state index is 12.7. The average Bonchev–Trinajstić information content (AvgIpc) is 2.37. The van der Waals surface area contributed by atoms with E-state index in [2.05, 4.69) is 9.72 Å². The normalized spacial score (nSPS) is 10.2. The van der Waals surface area contributed by atoms with Crippen molar-refractivity contribution in [2.75, 3.05) is 7.11 Å². The van der Waals surface area contributed by atoms with Gasteiger partial charge in [-0.05, 0) is 11.6 Å². The molecule has 0 bridgehead atoms. The smallest absolute Gasteiger partial charge is 0.310 e. The fourth-order valence-electron chi connectivity index (χ4n) is 1.42. The second-order valence-electron chi connectivity index (χ2n) is 3.40. The minimum absolute atomic E-state index is 0.0511. The molecule has 2 N–H and O–H groups in total. The summed E-state index contributed by atoms with van der Waals surface area (Å²) in [5.41, 5.74) is 5.01. The van der Waals surface area contributed by atoms with Crippen molar-refractivity contribution in [3.05, 3.63) is 28.6 Å². The van der Waals surface area contributed by atoms with Gasteiger partial charge in [0.05, 0.1) is 24.8 Å². The molecule has 0 unspecified atom stereocenters. The summed E-state index contributed by atoms with van der Waals surface area (Å²) in [5, 5.41) is 8.73. The quantitative estimate of drug-likeness (QED) is 0.813. The molecule has 7 heteroatoms. The highest BCUT2D eigenvalue weighted by atomic mass is 19.3. The summed E-state index contributed by atoms with van der Waals surface area (Å²) in [7, 11) is 1.19. The van der Waals surface area contributed by atoms with Crippen LogP contribution < -0.4 is 5.73 Å². The molecule has 0 aliphatic rings. The predicted molar refractivity (Wildman–Crippen MR) is 57.5 cm³/mol. The van der Waals surface area contributed by atoms with Gasteiger partial charge in [-0.1, -0.05) is 0 Å². The van der Waals surface area contributed by atoms with Gasteiger partial charge in [0.15, 0.2) is 0 Å². The summed E-state index contributed by atoms with van der Waals surface area (Å²) in [6, 6.07) is 2.66. The second kappa shape index (κ2) is 6.02. The Morgan fingerprint density at radius 3 is 2.78 bits per heavy atom. The first-order valence-corrected chi connectivity index (χ1v) is 5.01. The Morgan fingerprint density at radius 2 is 2.33 bits per heavy atom. The average molecular weight is 255 g/mol. The molecule has 1 aromatic rings. The van der Waals surface area contributed by atoms with Crippen LogP contribution in [0.5, 0.6) is 0 Å². The standard InChI is InChI=1S/C11H11F2N3O2/c1-18-10(17)3-6-2-7(11(12)13)9(5-15)16-8(6)4-14/h2,11H,3-4,14H2,1H3. The minimum atomic E-state index is -2.84. The van der Waals surface area contributed by atoms with E-state index in [1.54, 1.807) is 6.07 Å². The van der Waals surface area contributed by atoms with E-state index in [0.29, 0.717) is 0 Å². The van der Waals surface area contributed by atoms with Gasteiger partial charge < -0.3 is 10.5 Å². The molecule has 0 radical (unpaired) electrons. The Kier molecular flexibility index (Phi) is 4.68. The third-order valence-corrected chi connectivity index (χ3v) is 2.32. The maximum absolute atomic E-state index is 12.7. The fourth-order valence-corrected chi connectivity index (χ4v) is 1.42. The number of ether oxygens (including phenoxy) is 1. The number of alkyl halides is 2. The van der Waals surface area contributed by atoms with Gasteiger partial charge >= 0.3 is 5.97 Å². The molecule has 0 atom stereocenters. The summed E-state index contributed by atoms with van der Waals surface area (Å²) in [6.07, 6.45) is -3.04. The predicted octanol–water partition coefficient (Wildman–Crippen LogP) is 1.07. The van der Waals surface area contributed by atoms with Crippen molar-refractivity contribution in [1.82, 2.24) is 4.98 Å². The number of esters is 1. The van der Waals surface area contributed by atoms with E-state index >= 15 is 0 Å². The molecule has 1 heterocycles. The van der Waals surface area contributed by atoms with Crippen LogP contribution in [0.2, 0.25) is 0 Å². The van der Waals surface area contributed by atoms with Crippen LogP contribution in [0.25, 0.3) is 0 Å². The number of nitrogens with zero attached hydrogens (tertiary/aromatic N) is 2. The van der Waals surface area contributed by atoms with Gasteiger partial charge in [-0.2, -0.15) is 5.26 Å². The Bertz CT molecular complexity index is 498. The number of nitriles is 1. The third kappa shape index (κ3) is 2.99. The number of pyridine rings is 1. The van der Waals surface area contributed by atoms with Crippen LogP contribution in [0.3, 0.4) is 0 Å². The molecule has 1 aromatic heterocycles. The molecule has 0 fully saturated rings. The van der Waals surface area contributed by atoms with Gasteiger partial charge in [-0.15, -0.1) is 0 Å². The number of hydrogen-bond acceptors (Lipinski definition) is 5. The number of halogens is 2. The van der Waals surface area contributed by atoms with Crippen molar-refractivity contribution >= 4 is 5.97 Å². The van der Waals surface area contributed by atoms with Crippen LogP contribution in [-0.2, 0) is 22.5 Å². The minimum Gasteiger partial charge on any atom is -0.469 e. The van der Waals surface area contributed by atoms with E-state index in [9.17, 15) is 13.6 Å². The third-order valence-electron chi connectivity index (χ3n) is 2.32. The van der Waals surface area contributed by atoms with Crippen LogP contribution in [0.15, 0.2) is 6.07 Å². The zero-order valence-corrected chi connectivity index (χ0v) is 9.61. The molecular weight excluding hydrogens is 244 g/mol. The topological polar surface area (TPSA) is 89.0 Å². The number of carbonyl (C=O) groups is 1. The Labute approximate surface area is 102 Å². The van der Waals surface area contributed by atoms with Crippen molar-refractivity contribution in [1.29, 1.82) is 5.26 Å². The number of aromatic nitrogens is 1. The lowest BCUT2D eigenvalue weighted by Crippen LogP contribution is -2.13.